The second kappa shape index (κ2) is 38.2. The first-order valence-electron chi connectivity index (χ1n) is 27.0. The number of fused-ring (bicyclic) bond motifs is 6. The van der Waals surface area contributed by atoms with Gasteiger partial charge < -0.3 is 29.2 Å². The summed E-state index contributed by atoms with van der Waals surface area (Å²) >= 11 is 3.29. The van der Waals surface area contributed by atoms with E-state index in [0.29, 0.717) is 23.0 Å². The molecule has 4 aliphatic rings. The van der Waals surface area contributed by atoms with Crippen molar-refractivity contribution in [3.63, 3.8) is 0 Å². The van der Waals surface area contributed by atoms with Crippen LogP contribution in [0.15, 0.2) is 158 Å². The molecule has 0 N–H and O–H groups in total. The van der Waals surface area contributed by atoms with Crippen LogP contribution < -0.4 is 29.2 Å². The van der Waals surface area contributed by atoms with Gasteiger partial charge in [-0.2, -0.15) is 71.8 Å². The molecule has 6 aromatic carbocycles. The predicted octanol–water partition coefficient (Wildman–Crippen LogP) is 15.9. The van der Waals surface area contributed by atoms with E-state index in [1.165, 1.54) is 98.6 Å². The number of allylic oxidation sites excluding steroid dienone is 8. The van der Waals surface area contributed by atoms with Crippen LogP contribution in [0.2, 0.25) is 0 Å². The van der Waals surface area contributed by atoms with Crippen LogP contribution >= 0.6 is 0 Å². The van der Waals surface area contributed by atoms with E-state index in [2.05, 4.69) is 165 Å². The van der Waals surface area contributed by atoms with Gasteiger partial charge in [0.1, 0.15) is 23.0 Å². The van der Waals surface area contributed by atoms with Crippen molar-refractivity contribution in [3.05, 3.63) is 204 Å². The average molecular weight is 1200 g/mol. The molecule has 6 nitrogen and oxygen atoms in total. The van der Waals surface area contributed by atoms with Gasteiger partial charge in [-0.25, -0.2) is 24.3 Å². The molecule has 0 heterocycles. The summed E-state index contributed by atoms with van der Waals surface area (Å²) in [4.78, 5) is 0. The summed E-state index contributed by atoms with van der Waals surface area (Å²) < 4.78 is 22.7. The molecule has 0 fully saturated rings. The molecule has 0 atom stereocenters. The van der Waals surface area contributed by atoms with Crippen LogP contribution in [-0.2, 0) is 61.3 Å². The number of hydrogen-bond acceptors (Lipinski definition) is 6. The third-order valence-corrected chi connectivity index (χ3v) is 13.8. The minimum absolute atomic E-state index is 0.211. The van der Waals surface area contributed by atoms with Crippen molar-refractivity contribution in [1.82, 2.24) is 0 Å². The van der Waals surface area contributed by atoms with Gasteiger partial charge in [0.05, 0.1) is 28.4 Å². The summed E-state index contributed by atoms with van der Waals surface area (Å²) in [6, 6.07) is 46.0. The Morgan fingerprint density at radius 1 is 0.436 bits per heavy atom. The van der Waals surface area contributed by atoms with Crippen molar-refractivity contribution in [2.75, 3.05) is 28.4 Å². The van der Waals surface area contributed by atoms with E-state index in [9.17, 15) is 10.2 Å². The molecule has 0 radical (unpaired) electrons. The molecule has 4 aliphatic carbocycles. The van der Waals surface area contributed by atoms with Gasteiger partial charge in [-0.15, -0.1) is 24.0 Å². The van der Waals surface area contributed by atoms with E-state index in [1.807, 2.05) is 36.4 Å². The maximum Gasteiger partial charge on any atom is 0.114 e. The first-order chi connectivity index (χ1) is 37.5. The molecule has 0 unspecified atom stereocenters. The summed E-state index contributed by atoms with van der Waals surface area (Å²) in [5, 5.41) is 22.4. The molecule has 0 bridgehead atoms. The monoisotopic (exact) mass is 1200 g/mol. The number of hydrogen-bond donors (Lipinski definition) is 0. The van der Waals surface area contributed by atoms with Crippen LogP contribution in [0.1, 0.15) is 116 Å². The molecular formula is C70H82O6Zr2-2. The van der Waals surface area contributed by atoms with Crippen molar-refractivity contribution in [1.29, 1.82) is 0 Å². The molecular weight excluding hydrogens is 1120 g/mol. The first kappa shape index (κ1) is 66.9. The van der Waals surface area contributed by atoms with Gasteiger partial charge in [0, 0.05) is 0 Å². The summed E-state index contributed by atoms with van der Waals surface area (Å²) in [7, 11) is 5.82. The van der Waals surface area contributed by atoms with Crippen molar-refractivity contribution >= 4 is 6.41 Å². The summed E-state index contributed by atoms with van der Waals surface area (Å²) in [6.07, 6.45) is 27.5. The smallest absolute Gasteiger partial charge is 0.114 e. The van der Waals surface area contributed by atoms with Gasteiger partial charge >= 0.3 is 160 Å². The Bertz CT molecular complexity index is 2470. The Hall–Kier alpha value is -5.41. The fraction of sp³-hybridized carbons (Fsp3) is 0.343. The minimum atomic E-state index is -0.211. The van der Waals surface area contributed by atoms with Gasteiger partial charge in [0.15, 0.2) is 0 Å². The molecule has 0 amide bonds. The molecule has 0 saturated carbocycles. The number of ether oxygens (including phenoxy) is 4. The van der Waals surface area contributed by atoms with Crippen molar-refractivity contribution in [2.45, 2.75) is 107 Å². The number of para-hydroxylation sites is 2. The SMILES string of the molecule is CC(C)C[C](=[Zr+2])CC(C)C.CC(C)C[C](=[Zr+2])CC(C)C.COc1cccc(OC)c1[O-].COc1cccc(OC)c1[O-].[C-]1=CC=CC1.[C-]1=CC=CC1.[c-]1cccc2c1Cc1ccccc1-2.[c-]1cccc2c1Cc1ccccc1-2. The minimum Gasteiger partial charge on any atom is -0.867 e. The van der Waals surface area contributed by atoms with E-state index in [4.69, 9.17) is 18.9 Å². The van der Waals surface area contributed by atoms with Crippen LogP contribution in [0.5, 0.6) is 34.5 Å². The second-order valence-corrected chi connectivity index (χ2v) is 23.9. The van der Waals surface area contributed by atoms with Crippen LogP contribution in [0.25, 0.3) is 22.3 Å². The Kier molecular flexibility index (Phi) is 32.8. The van der Waals surface area contributed by atoms with Crippen molar-refractivity contribution in [3.8, 4) is 56.8 Å². The van der Waals surface area contributed by atoms with Gasteiger partial charge in [-0.05, 0) is 48.6 Å². The van der Waals surface area contributed by atoms with Gasteiger partial charge in [-0.1, -0.05) is 82.9 Å². The molecule has 8 heteroatoms. The summed E-state index contributed by atoms with van der Waals surface area (Å²) in [6.45, 7) is 18.4. The predicted molar refractivity (Wildman–Crippen MR) is 316 cm³/mol. The first-order valence-corrected chi connectivity index (χ1v) is 29.5. The van der Waals surface area contributed by atoms with Gasteiger partial charge in [0.2, 0.25) is 0 Å². The second-order valence-electron chi connectivity index (χ2n) is 20.4. The zero-order chi connectivity index (χ0) is 57.2. The third kappa shape index (κ3) is 25.1. The number of benzene rings is 6. The Morgan fingerprint density at radius 2 is 0.744 bits per heavy atom. The molecule has 78 heavy (non-hydrogen) atoms. The van der Waals surface area contributed by atoms with Crippen LogP contribution in [-0.4, -0.2) is 34.9 Å². The zero-order valence-corrected chi connectivity index (χ0v) is 53.3. The maximum absolute atomic E-state index is 11.2. The topological polar surface area (TPSA) is 83.0 Å². The normalized spacial score (nSPS) is 11.8. The van der Waals surface area contributed by atoms with Crippen LogP contribution in [0.3, 0.4) is 0 Å². The zero-order valence-electron chi connectivity index (χ0n) is 48.4. The maximum atomic E-state index is 11.2. The van der Waals surface area contributed by atoms with E-state index >= 15 is 0 Å². The Balaban J connectivity index is 0.000000238. The van der Waals surface area contributed by atoms with Gasteiger partial charge in [0.25, 0.3) is 0 Å². The molecule has 10 rings (SSSR count). The Morgan fingerprint density at radius 3 is 1.00 bits per heavy atom. The van der Waals surface area contributed by atoms with E-state index in [0.717, 1.165) is 49.4 Å². The quantitative estimate of drug-likeness (QED) is 0.113. The van der Waals surface area contributed by atoms with E-state index < -0.39 is 0 Å². The van der Waals surface area contributed by atoms with Gasteiger partial charge in [-0.3, -0.25) is 12.2 Å². The number of rotatable bonds is 12. The van der Waals surface area contributed by atoms with E-state index in [-0.39, 0.29) is 11.5 Å². The molecule has 0 saturated heterocycles. The molecule has 0 spiro atoms. The Labute approximate surface area is 500 Å². The largest absolute Gasteiger partial charge is 0.867 e. The molecule has 6 aromatic rings. The van der Waals surface area contributed by atoms with Crippen molar-refractivity contribution in [2.24, 2.45) is 23.7 Å². The molecule has 408 valence electrons. The van der Waals surface area contributed by atoms with E-state index in [1.54, 1.807) is 91.3 Å². The van der Waals surface area contributed by atoms with Crippen molar-refractivity contribution < 1.29 is 77.6 Å². The molecule has 0 aromatic heterocycles. The van der Waals surface area contributed by atoms with Crippen LogP contribution in [0, 0.1) is 48.0 Å². The fourth-order valence-electron chi connectivity index (χ4n) is 8.45. The standard InChI is InChI=1S/2C13H9.2C9H18.2C8H10O3.2C5H5.2Zr/c2*1-3-7-12-10(5-1)9-11-6-2-4-8-13(11)12;2*1-8(2)6-5-7-9(3)4;2*1-10-6-4-3-5-7(11-2)8(6)9;2*1-2-4-5-3-1;;/h2*1-5,7-8H,9H2;2*8-9H,6-7H2,1-4H3;2*3-5,9H,1-2H3;2*1-3H,4H2;;/q2*-1;;;;;2*-1;2*+2/p-2. The molecule has 0 aliphatic heterocycles. The van der Waals surface area contributed by atoms with Crippen LogP contribution in [0.4, 0.5) is 0 Å². The third-order valence-electron chi connectivity index (χ3n) is 11.8. The average Bonchev–Trinajstić information content (AvgIpc) is 4.31. The fourth-order valence-corrected chi connectivity index (χ4v) is 12.5. The summed E-state index contributed by atoms with van der Waals surface area (Å²) in [5.74, 6) is 4.24. The summed E-state index contributed by atoms with van der Waals surface area (Å²) in [5.41, 5.74) is 11.0. The number of methoxy groups -OCH3 is 4.